The van der Waals surface area contributed by atoms with Gasteiger partial charge in [0.05, 0.1) is 6.61 Å². The van der Waals surface area contributed by atoms with Crippen LogP contribution in [0.5, 0.6) is 0 Å². The highest BCUT2D eigenvalue weighted by molar-refractivity contribution is 9.10. The third-order valence-corrected chi connectivity index (χ3v) is 2.51. The van der Waals surface area contributed by atoms with Crippen LogP contribution in [0.25, 0.3) is 0 Å². The van der Waals surface area contributed by atoms with Gasteiger partial charge in [0, 0.05) is 10.2 Å². The number of nitrogen functional groups attached to an aromatic ring is 1. The van der Waals surface area contributed by atoms with Crippen LogP contribution in [-0.2, 0) is 15.7 Å². The lowest BCUT2D eigenvalue weighted by Crippen LogP contribution is -1.90. The highest BCUT2D eigenvalue weighted by Crippen LogP contribution is 2.23. The van der Waals surface area contributed by atoms with Crippen LogP contribution in [0, 0.1) is 0 Å². The molecule has 0 saturated heterocycles. The van der Waals surface area contributed by atoms with E-state index in [9.17, 15) is 4.57 Å². The molecule has 0 fully saturated rings. The highest BCUT2D eigenvalue weighted by Gasteiger charge is 1.99. The molecule has 1 aromatic rings. The molecule has 3 N–H and O–H groups in total. The smallest absolute Gasteiger partial charge is 0.316 e. The normalized spacial score (nSPS) is 12.8. The quantitative estimate of drug-likeness (QED) is 0.647. The number of nitrogens with two attached hydrogens (primary N) is 1. The van der Waals surface area contributed by atoms with E-state index in [0.29, 0.717) is 5.69 Å². The molecule has 0 aliphatic carbocycles. The first-order chi connectivity index (χ1) is 6.09. The van der Waals surface area contributed by atoms with E-state index in [1.54, 1.807) is 18.2 Å². The number of hydrogen-bond acceptors (Lipinski definition) is 3. The van der Waals surface area contributed by atoms with E-state index in [-0.39, 0.29) is 6.61 Å². The summed E-state index contributed by atoms with van der Waals surface area (Å²) in [4.78, 5) is 8.43. The minimum atomic E-state index is -2.85. The molecule has 0 saturated carbocycles. The molecule has 1 atom stereocenters. The molecule has 0 aromatic heterocycles. The summed E-state index contributed by atoms with van der Waals surface area (Å²) in [6.07, 6.45) is 0. The van der Waals surface area contributed by atoms with Crippen molar-refractivity contribution in [3.8, 4) is 0 Å². The van der Waals surface area contributed by atoms with Crippen molar-refractivity contribution < 1.29 is 14.0 Å². The second-order valence-electron chi connectivity index (χ2n) is 2.41. The molecule has 0 amide bonds. The Morgan fingerprint density at radius 1 is 1.62 bits per heavy atom. The summed E-state index contributed by atoms with van der Waals surface area (Å²) >= 11 is 3.24. The predicted octanol–water partition coefficient (Wildman–Crippen LogP) is 1.93. The molecule has 0 spiro atoms. The Morgan fingerprint density at radius 3 is 2.85 bits per heavy atom. The molecule has 0 heterocycles. The monoisotopic (exact) mass is 265 g/mol. The molecule has 1 aromatic carbocycles. The Labute approximate surface area is 84.8 Å². The van der Waals surface area contributed by atoms with Gasteiger partial charge in [0.25, 0.3) is 0 Å². The summed E-state index contributed by atoms with van der Waals surface area (Å²) < 4.78 is 15.6. The lowest BCUT2D eigenvalue weighted by Gasteiger charge is -2.03. The third-order valence-electron chi connectivity index (χ3n) is 1.43. The van der Waals surface area contributed by atoms with Crippen molar-refractivity contribution in [3.63, 3.8) is 0 Å². The molecule has 0 aliphatic heterocycles. The summed E-state index contributed by atoms with van der Waals surface area (Å²) in [7, 11) is -2.85. The molecule has 13 heavy (non-hydrogen) atoms. The van der Waals surface area contributed by atoms with Crippen LogP contribution in [0.15, 0.2) is 22.7 Å². The summed E-state index contributed by atoms with van der Waals surface area (Å²) in [6.45, 7) is 0.118. The zero-order valence-corrected chi connectivity index (χ0v) is 9.24. The van der Waals surface area contributed by atoms with E-state index in [1.165, 1.54) is 0 Å². The molecule has 0 radical (unpaired) electrons. The van der Waals surface area contributed by atoms with Crippen molar-refractivity contribution in [3.05, 3.63) is 28.2 Å². The van der Waals surface area contributed by atoms with Gasteiger partial charge in [0.2, 0.25) is 0 Å². The number of halogens is 1. The highest BCUT2D eigenvalue weighted by atomic mass is 79.9. The van der Waals surface area contributed by atoms with E-state index in [0.717, 1.165) is 10.0 Å². The molecule has 0 bridgehead atoms. The summed E-state index contributed by atoms with van der Waals surface area (Å²) in [5.41, 5.74) is 6.98. The van der Waals surface area contributed by atoms with Crippen LogP contribution < -0.4 is 5.73 Å². The van der Waals surface area contributed by atoms with Crippen LogP contribution in [0.1, 0.15) is 5.56 Å². The van der Waals surface area contributed by atoms with Crippen molar-refractivity contribution in [1.29, 1.82) is 0 Å². The molecule has 1 rings (SSSR count). The summed E-state index contributed by atoms with van der Waals surface area (Å²) in [6, 6.07) is 5.20. The zero-order chi connectivity index (χ0) is 9.84. The lowest BCUT2D eigenvalue weighted by atomic mass is 10.2. The largest absolute Gasteiger partial charge is 0.398 e. The standard InChI is InChI=1S/C7H9BrNO3P/c8-6-3-5(1-2-7(6)9)4-12-13(10)11/h1-3,13H,4,9H2,(H,10,11). The fourth-order valence-corrected chi connectivity index (χ4v) is 1.52. The Morgan fingerprint density at radius 2 is 2.31 bits per heavy atom. The van der Waals surface area contributed by atoms with E-state index in [1.807, 2.05) is 0 Å². The fourth-order valence-electron chi connectivity index (χ4n) is 0.805. The van der Waals surface area contributed by atoms with Crippen molar-refractivity contribution in [1.82, 2.24) is 0 Å². The SMILES string of the molecule is Nc1ccc(CO[PH](=O)O)cc1Br. The van der Waals surface area contributed by atoms with Crippen molar-refractivity contribution in [2.75, 3.05) is 5.73 Å². The van der Waals surface area contributed by atoms with E-state index in [4.69, 9.17) is 10.6 Å². The summed E-state index contributed by atoms with van der Waals surface area (Å²) in [5, 5.41) is 0. The van der Waals surface area contributed by atoms with E-state index in [2.05, 4.69) is 20.5 Å². The van der Waals surface area contributed by atoms with Gasteiger partial charge in [-0.05, 0) is 33.6 Å². The first kappa shape index (κ1) is 10.7. The third kappa shape index (κ3) is 3.48. The Hall–Kier alpha value is -0.350. The van der Waals surface area contributed by atoms with Gasteiger partial charge in [0.1, 0.15) is 0 Å². The second kappa shape index (κ2) is 4.77. The van der Waals surface area contributed by atoms with Crippen LogP contribution in [-0.4, -0.2) is 4.89 Å². The number of hydrogen-bond donors (Lipinski definition) is 2. The predicted molar refractivity (Wildman–Crippen MR) is 54.6 cm³/mol. The van der Waals surface area contributed by atoms with Crippen LogP contribution in [0.2, 0.25) is 0 Å². The van der Waals surface area contributed by atoms with Gasteiger partial charge in [-0.15, -0.1) is 0 Å². The van der Waals surface area contributed by atoms with Crippen molar-refractivity contribution >= 4 is 29.9 Å². The van der Waals surface area contributed by atoms with Crippen molar-refractivity contribution in [2.24, 2.45) is 0 Å². The second-order valence-corrected chi connectivity index (χ2v) is 4.09. The molecule has 1 unspecified atom stereocenters. The molecular weight excluding hydrogens is 257 g/mol. The van der Waals surface area contributed by atoms with Crippen LogP contribution in [0.4, 0.5) is 5.69 Å². The van der Waals surface area contributed by atoms with Gasteiger partial charge < -0.3 is 15.2 Å². The lowest BCUT2D eigenvalue weighted by molar-refractivity contribution is 0.272. The topological polar surface area (TPSA) is 72.5 Å². The van der Waals surface area contributed by atoms with Crippen LogP contribution >= 0.6 is 24.2 Å². The molecule has 6 heteroatoms. The number of anilines is 1. The molecule has 4 nitrogen and oxygen atoms in total. The average molecular weight is 266 g/mol. The van der Waals surface area contributed by atoms with Crippen molar-refractivity contribution in [2.45, 2.75) is 6.61 Å². The Bertz CT molecular complexity index is 332. The number of rotatable bonds is 3. The Balaban J connectivity index is 2.68. The van der Waals surface area contributed by atoms with E-state index >= 15 is 0 Å². The summed E-state index contributed by atoms with van der Waals surface area (Å²) in [5.74, 6) is 0. The van der Waals surface area contributed by atoms with Crippen LogP contribution in [0.3, 0.4) is 0 Å². The maximum Gasteiger partial charge on any atom is 0.316 e. The minimum absolute atomic E-state index is 0.118. The molecule has 0 aliphatic rings. The van der Waals surface area contributed by atoms with Gasteiger partial charge >= 0.3 is 8.25 Å². The van der Waals surface area contributed by atoms with Gasteiger partial charge in [-0.1, -0.05) is 6.07 Å². The maximum absolute atomic E-state index is 10.3. The first-order valence-electron chi connectivity index (χ1n) is 3.49. The van der Waals surface area contributed by atoms with Gasteiger partial charge in [0.15, 0.2) is 0 Å². The fraction of sp³-hybridized carbons (Fsp3) is 0.143. The number of benzene rings is 1. The maximum atomic E-state index is 10.3. The Kier molecular flexibility index (Phi) is 3.93. The van der Waals surface area contributed by atoms with Gasteiger partial charge in [-0.25, -0.2) is 0 Å². The molecule has 72 valence electrons. The van der Waals surface area contributed by atoms with Gasteiger partial charge in [-0.3, -0.25) is 4.57 Å². The average Bonchev–Trinajstić information content (AvgIpc) is 2.07. The van der Waals surface area contributed by atoms with Gasteiger partial charge in [-0.2, -0.15) is 0 Å². The first-order valence-corrected chi connectivity index (χ1v) is 5.55. The zero-order valence-electron chi connectivity index (χ0n) is 6.66. The molecular formula is C7H9BrNO3P. The van der Waals surface area contributed by atoms with E-state index < -0.39 is 8.25 Å². The minimum Gasteiger partial charge on any atom is -0.398 e.